The van der Waals surface area contributed by atoms with Crippen molar-refractivity contribution < 1.29 is 27.4 Å². The largest absolute Gasteiger partial charge is 0.492 e. The normalized spacial score (nSPS) is 12.9. The summed E-state index contributed by atoms with van der Waals surface area (Å²) >= 11 is 0. The molecular weight excluding hydrogens is 261 g/mol. The fourth-order valence-corrected chi connectivity index (χ4v) is 1.54. The standard InChI is InChI=1S/C13H15F3O3/c1-3-9(12(17)18-2)8-19-11-7-5-4-6-10(11)13(14,15)16/h4-7,9H,3,8H2,1-2H3. The molecule has 0 bridgehead atoms. The minimum absolute atomic E-state index is 0.143. The topological polar surface area (TPSA) is 35.5 Å². The van der Waals surface area contributed by atoms with E-state index in [4.69, 9.17) is 4.74 Å². The molecule has 0 amide bonds. The zero-order valence-electron chi connectivity index (χ0n) is 10.7. The summed E-state index contributed by atoms with van der Waals surface area (Å²) in [6, 6.07) is 4.90. The first-order valence-corrected chi connectivity index (χ1v) is 5.77. The molecule has 0 heterocycles. The third-order valence-electron chi connectivity index (χ3n) is 2.66. The van der Waals surface area contributed by atoms with Crippen LogP contribution in [-0.4, -0.2) is 19.7 Å². The number of methoxy groups -OCH3 is 1. The minimum Gasteiger partial charge on any atom is -0.492 e. The second kappa shape index (κ2) is 6.45. The molecule has 3 nitrogen and oxygen atoms in total. The first kappa shape index (κ1) is 15.3. The summed E-state index contributed by atoms with van der Waals surface area (Å²) in [5.41, 5.74) is -0.852. The van der Waals surface area contributed by atoms with Gasteiger partial charge in [-0.15, -0.1) is 0 Å². The molecule has 1 aromatic rings. The maximum atomic E-state index is 12.7. The highest BCUT2D eigenvalue weighted by Crippen LogP contribution is 2.36. The first-order chi connectivity index (χ1) is 8.90. The van der Waals surface area contributed by atoms with Gasteiger partial charge in [0.15, 0.2) is 0 Å². The van der Waals surface area contributed by atoms with Gasteiger partial charge < -0.3 is 9.47 Å². The van der Waals surface area contributed by atoms with E-state index >= 15 is 0 Å². The number of carbonyl (C=O) groups is 1. The molecule has 0 fully saturated rings. The lowest BCUT2D eigenvalue weighted by Crippen LogP contribution is -2.23. The molecule has 6 heteroatoms. The number of halogens is 3. The summed E-state index contributed by atoms with van der Waals surface area (Å²) in [7, 11) is 1.23. The quantitative estimate of drug-likeness (QED) is 0.774. The Bertz CT molecular complexity index is 429. The van der Waals surface area contributed by atoms with Gasteiger partial charge >= 0.3 is 12.1 Å². The lowest BCUT2D eigenvalue weighted by atomic mass is 10.1. The van der Waals surface area contributed by atoms with Crippen LogP contribution < -0.4 is 4.74 Å². The van der Waals surface area contributed by atoms with E-state index in [1.54, 1.807) is 6.92 Å². The Kier molecular flexibility index (Phi) is 5.20. The fraction of sp³-hybridized carbons (Fsp3) is 0.462. The van der Waals surface area contributed by atoms with Gasteiger partial charge in [-0.25, -0.2) is 0 Å². The van der Waals surface area contributed by atoms with Crippen LogP contribution in [0.5, 0.6) is 5.75 Å². The van der Waals surface area contributed by atoms with Crippen LogP contribution in [0.3, 0.4) is 0 Å². The van der Waals surface area contributed by atoms with Gasteiger partial charge in [-0.2, -0.15) is 13.2 Å². The molecule has 0 aliphatic heterocycles. The number of rotatable bonds is 5. The van der Waals surface area contributed by atoms with Crippen molar-refractivity contribution in [1.82, 2.24) is 0 Å². The molecule has 1 unspecified atom stereocenters. The lowest BCUT2D eigenvalue weighted by Gasteiger charge is -2.17. The monoisotopic (exact) mass is 276 g/mol. The van der Waals surface area contributed by atoms with Crippen LogP contribution in [-0.2, 0) is 15.7 Å². The van der Waals surface area contributed by atoms with Crippen molar-refractivity contribution in [3.8, 4) is 5.75 Å². The maximum absolute atomic E-state index is 12.7. The highest BCUT2D eigenvalue weighted by Gasteiger charge is 2.34. The second-order valence-electron chi connectivity index (χ2n) is 3.93. The Morgan fingerprint density at radius 1 is 1.32 bits per heavy atom. The van der Waals surface area contributed by atoms with Crippen molar-refractivity contribution in [3.63, 3.8) is 0 Å². The molecular formula is C13H15F3O3. The third kappa shape index (κ3) is 4.15. The van der Waals surface area contributed by atoms with E-state index in [2.05, 4.69) is 4.74 Å². The van der Waals surface area contributed by atoms with E-state index in [-0.39, 0.29) is 12.4 Å². The molecule has 0 aromatic heterocycles. The summed E-state index contributed by atoms with van der Waals surface area (Å²) in [4.78, 5) is 11.3. The van der Waals surface area contributed by atoms with E-state index < -0.39 is 23.6 Å². The van der Waals surface area contributed by atoms with Gasteiger partial charge in [-0.3, -0.25) is 4.79 Å². The number of alkyl halides is 3. The average Bonchev–Trinajstić information content (AvgIpc) is 2.38. The Morgan fingerprint density at radius 2 is 1.95 bits per heavy atom. The summed E-state index contributed by atoms with van der Waals surface area (Å²) in [5, 5.41) is 0. The number of carbonyl (C=O) groups excluding carboxylic acids is 1. The number of benzene rings is 1. The minimum atomic E-state index is -4.48. The van der Waals surface area contributed by atoms with Crippen LogP contribution in [0.15, 0.2) is 24.3 Å². The molecule has 0 aliphatic rings. The molecule has 0 radical (unpaired) electrons. The molecule has 1 rings (SSSR count). The second-order valence-corrected chi connectivity index (χ2v) is 3.93. The summed E-state index contributed by atoms with van der Waals surface area (Å²) in [6.45, 7) is 1.59. The molecule has 0 saturated carbocycles. The molecule has 0 spiro atoms. The SMILES string of the molecule is CCC(COc1ccccc1C(F)(F)F)C(=O)OC. The van der Waals surface area contributed by atoms with Crippen molar-refractivity contribution in [3.05, 3.63) is 29.8 Å². The van der Waals surface area contributed by atoms with Crippen LogP contribution in [0.25, 0.3) is 0 Å². The molecule has 0 N–H and O–H groups in total. The van der Waals surface area contributed by atoms with Crippen LogP contribution in [0, 0.1) is 5.92 Å². The van der Waals surface area contributed by atoms with Crippen molar-refractivity contribution in [1.29, 1.82) is 0 Å². The molecule has 19 heavy (non-hydrogen) atoms. The van der Waals surface area contributed by atoms with Crippen LogP contribution in [0.1, 0.15) is 18.9 Å². The predicted molar refractivity (Wildman–Crippen MR) is 62.7 cm³/mol. The summed E-state index contributed by atoms with van der Waals surface area (Å²) in [5.74, 6) is -1.35. The molecule has 1 aromatic carbocycles. The highest BCUT2D eigenvalue weighted by molar-refractivity contribution is 5.72. The number of para-hydroxylation sites is 1. The van der Waals surface area contributed by atoms with Crippen LogP contribution in [0.4, 0.5) is 13.2 Å². The smallest absolute Gasteiger partial charge is 0.419 e. The fourth-order valence-electron chi connectivity index (χ4n) is 1.54. The maximum Gasteiger partial charge on any atom is 0.419 e. The van der Waals surface area contributed by atoms with Crippen molar-refractivity contribution >= 4 is 5.97 Å². The van der Waals surface area contributed by atoms with Crippen molar-refractivity contribution in [2.45, 2.75) is 19.5 Å². The summed E-state index contributed by atoms with van der Waals surface area (Å²) < 4.78 is 47.8. The van der Waals surface area contributed by atoms with Crippen LogP contribution >= 0.6 is 0 Å². The molecule has 0 saturated heterocycles. The van der Waals surface area contributed by atoms with E-state index in [1.807, 2.05) is 0 Å². The summed E-state index contributed by atoms with van der Waals surface area (Å²) in [6.07, 6.45) is -4.05. The lowest BCUT2D eigenvalue weighted by molar-refractivity contribution is -0.146. The Balaban J connectivity index is 2.80. The van der Waals surface area contributed by atoms with E-state index in [1.165, 1.54) is 25.3 Å². The highest BCUT2D eigenvalue weighted by atomic mass is 19.4. The molecule has 106 valence electrons. The number of hydrogen-bond acceptors (Lipinski definition) is 3. The molecule has 0 aliphatic carbocycles. The van der Waals surface area contributed by atoms with Crippen molar-refractivity contribution in [2.24, 2.45) is 5.92 Å². The predicted octanol–water partition coefficient (Wildman–Crippen LogP) is 3.28. The van der Waals surface area contributed by atoms with Gasteiger partial charge in [-0.1, -0.05) is 19.1 Å². The van der Waals surface area contributed by atoms with Gasteiger partial charge in [-0.05, 0) is 18.6 Å². The zero-order chi connectivity index (χ0) is 14.5. The average molecular weight is 276 g/mol. The van der Waals surface area contributed by atoms with Gasteiger partial charge in [0, 0.05) is 0 Å². The van der Waals surface area contributed by atoms with Gasteiger partial charge in [0.2, 0.25) is 0 Å². The number of hydrogen-bond donors (Lipinski definition) is 0. The van der Waals surface area contributed by atoms with E-state index in [0.717, 1.165) is 6.07 Å². The molecule has 1 atom stereocenters. The Hall–Kier alpha value is -1.72. The zero-order valence-corrected chi connectivity index (χ0v) is 10.7. The Labute approximate surface area is 109 Å². The van der Waals surface area contributed by atoms with E-state index in [0.29, 0.717) is 6.42 Å². The third-order valence-corrected chi connectivity index (χ3v) is 2.66. The Morgan fingerprint density at radius 3 is 2.47 bits per heavy atom. The first-order valence-electron chi connectivity index (χ1n) is 5.77. The number of esters is 1. The van der Waals surface area contributed by atoms with Gasteiger partial charge in [0.05, 0.1) is 18.6 Å². The van der Waals surface area contributed by atoms with Crippen molar-refractivity contribution in [2.75, 3.05) is 13.7 Å². The van der Waals surface area contributed by atoms with Gasteiger partial charge in [0.1, 0.15) is 12.4 Å². The van der Waals surface area contributed by atoms with E-state index in [9.17, 15) is 18.0 Å². The number of ether oxygens (including phenoxy) is 2. The van der Waals surface area contributed by atoms with Crippen LogP contribution in [0.2, 0.25) is 0 Å². The van der Waals surface area contributed by atoms with Gasteiger partial charge in [0.25, 0.3) is 0 Å².